The van der Waals surface area contributed by atoms with E-state index in [9.17, 15) is 0 Å². The molecule has 0 amide bonds. The summed E-state index contributed by atoms with van der Waals surface area (Å²) in [7, 11) is -3.48. The van der Waals surface area contributed by atoms with E-state index in [1.165, 1.54) is 0 Å². The summed E-state index contributed by atoms with van der Waals surface area (Å²) in [6, 6.07) is 0. The predicted octanol–water partition coefficient (Wildman–Crippen LogP) is -1.89. The Morgan fingerprint density at radius 2 is 1.70 bits per heavy atom. The molecule has 6 nitrogen and oxygen atoms in total. The molecule has 10 heavy (non-hydrogen) atoms. The maximum Gasteiger partial charge on any atom is 0.163 e. The molecule has 0 aliphatic rings. The van der Waals surface area contributed by atoms with E-state index in [-0.39, 0.29) is 0 Å². The molecule has 0 aromatic carbocycles. The van der Waals surface area contributed by atoms with E-state index in [4.69, 9.17) is 23.3 Å². The van der Waals surface area contributed by atoms with Crippen LogP contribution in [0.2, 0.25) is 0 Å². The van der Waals surface area contributed by atoms with Crippen LogP contribution in [-0.2, 0) is 10.4 Å². The van der Waals surface area contributed by atoms with Crippen molar-refractivity contribution in [1.82, 2.24) is 5.32 Å². The molecule has 0 aromatic rings. The van der Waals surface area contributed by atoms with E-state index >= 15 is 0 Å². The zero-order valence-electron chi connectivity index (χ0n) is 5.03. The van der Waals surface area contributed by atoms with Gasteiger partial charge >= 0.3 is 0 Å². The van der Waals surface area contributed by atoms with Crippen LogP contribution in [-0.4, -0.2) is 29.7 Å². The first-order valence-electron chi connectivity index (χ1n) is 1.91. The molecule has 0 radical (unpaired) electrons. The monoisotopic (exact) mass is 186 g/mol. The van der Waals surface area contributed by atoms with Gasteiger partial charge in [-0.25, -0.2) is 0 Å². The van der Waals surface area contributed by atoms with Gasteiger partial charge in [0.15, 0.2) is 5.11 Å². The smallest absolute Gasteiger partial charge is 0.163 e. The lowest BCUT2D eigenvalue weighted by Crippen LogP contribution is -2.24. The van der Waals surface area contributed by atoms with Crippen molar-refractivity contribution in [3.63, 3.8) is 0 Å². The van der Waals surface area contributed by atoms with Crippen molar-refractivity contribution in [3.05, 3.63) is 0 Å². The Hall–Kier alpha value is -0.440. The minimum Gasteiger partial charge on any atom is -0.759 e. The normalized spacial score (nSPS) is 9.10. The fraction of sp³-hybridized carbons (Fsp3) is 0.500. The van der Waals surface area contributed by atoms with Crippen LogP contribution in [0.3, 0.4) is 0 Å². The first-order chi connectivity index (χ1) is 4.27. The van der Waals surface area contributed by atoms with Crippen molar-refractivity contribution in [2.75, 3.05) is 7.05 Å². The molecule has 0 fully saturated rings. The van der Waals surface area contributed by atoms with Gasteiger partial charge in [0.25, 0.3) is 0 Å². The molecule has 0 aromatic heterocycles. The molecule has 8 heteroatoms. The van der Waals surface area contributed by atoms with Crippen LogP contribution < -0.4 is 11.1 Å². The number of thiocarbonyl (C=S) groups is 1. The summed E-state index contributed by atoms with van der Waals surface area (Å²) in [5.74, 6) is 0. The molecule has 0 aliphatic heterocycles. The number of nitrogens with two attached hydrogens (primary N) is 1. The molecule has 0 spiro atoms. The summed E-state index contributed by atoms with van der Waals surface area (Å²) in [5, 5.41) is 2.88. The van der Waals surface area contributed by atoms with Gasteiger partial charge in [0.2, 0.25) is 0 Å². The average Bonchev–Trinajstić information content (AvgIpc) is 1.61. The Labute approximate surface area is 64.0 Å². The van der Waals surface area contributed by atoms with Crippen molar-refractivity contribution < 1.29 is 17.5 Å². The highest BCUT2D eigenvalue weighted by atomic mass is 32.3. The van der Waals surface area contributed by atoms with Crippen molar-refractivity contribution in [2.45, 2.75) is 0 Å². The van der Waals surface area contributed by atoms with Crippen molar-refractivity contribution in [2.24, 2.45) is 5.73 Å². The van der Waals surface area contributed by atoms with Gasteiger partial charge in [-0.2, -0.15) is 0 Å². The van der Waals surface area contributed by atoms with Gasteiger partial charge in [0, 0.05) is 17.4 Å². The molecule has 0 saturated carbocycles. The number of hydrogen-bond donors (Lipinski definition) is 2. The molecule has 0 unspecified atom stereocenters. The predicted molar refractivity (Wildman–Crippen MR) is 36.3 cm³/mol. The Kier molecular flexibility index (Phi) is 6.56. The summed E-state index contributed by atoms with van der Waals surface area (Å²) < 4.78 is 34.1. The summed E-state index contributed by atoms with van der Waals surface area (Å²) in [6.07, 6.45) is 0. The third-order valence-corrected chi connectivity index (χ3v) is 0.451. The van der Waals surface area contributed by atoms with Crippen LogP contribution in [0.25, 0.3) is 0 Å². The van der Waals surface area contributed by atoms with E-state index < -0.39 is 10.4 Å². The van der Waals surface area contributed by atoms with E-state index in [1.54, 1.807) is 7.05 Å². The molecule has 0 bridgehead atoms. The lowest BCUT2D eigenvalue weighted by atomic mass is 11.1. The van der Waals surface area contributed by atoms with Crippen molar-refractivity contribution >= 4 is 27.7 Å². The molecular weight excluding hydrogens is 180 g/mol. The standard InChI is InChI=1S/C2H6N2S.H2O4S/c1-4-2(3)5;1-5(2,3)4/h1H3,(H3,3,4,5);(H2,1,2,3,4)/p-2. The van der Waals surface area contributed by atoms with E-state index in [2.05, 4.69) is 17.5 Å². The van der Waals surface area contributed by atoms with Crippen molar-refractivity contribution in [1.29, 1.82) is 0 Å². The maximum absolute atomic E-state index is 8.52. The topological polar surface area (TPSA) is 118 Å². The summed E-state index contributed by atoms with van der Waals surface area (Å²) in [4.78, 5) is 0. The molecular formula is C2H6N2O4S2-2. The van der Waals surface area contributed by atoms with Crippen LogP contribution in [0.1, 0.15) is 0 Å². The highest BCUT2D eigenvalue weighted by Gasteiger charge is 1.66. The van der Waals surface area contributed by atoms with E-state index in [0.717, 1.165) is 0 Å². The fourth-order valence-corrected chi connectivity index (χ4v) is 0. The first kappa shape index (κ1) is 12.3. The Morgan fingerprint density at radius 1 is 1.60 bits per heavy atom. The van der Waals surface area contributed by atoms with Crippen LogP contribution in [0.5, 0.6) is 0 Å². The second-order valence-electron chi connectivity index (χ2n) is 1.02. The Bertz CT molecular complexity index is 177. The van der Waals surface area contributed by atoms with Crippen LogP contribution in [0.4, 0.5) is 0 Å². The summed E-state index contributed by atoms with van der Waals surface area (Å²) in [5.41, 5.74) is 4.91. The molecule has 0 saturated heterocycles. The number of rotatable bonds is 0. The molecule has 62 valence electrons. The van der Waals surface area contributed by atoms with Gasteiger partial charge in [0.05, 0.1) is 0 Å². The summed E-state index contributed by atoms with van der Waals surface area (Å²) >= 11 is 4.36. The Balaban J connectivity index is 0. The van der Waals surface area contributed by atoms with Crippen molar-refractivity contribution in [3.8, 4) is 0 Å². The minimum absolute atomic E-state index is 0.338. The lowest BCUT2D eigenvalue weighted by molar-refractivity contribution is 0.352. The van der Waals surface area contributed by atoms with Crippen LogP contribution in [0.15, 0.2) is 0 Å². The maximum atomic E-state index is 8.52. The largest absolute Gasteiger partial charge is 0.759 e. The average molecular weight is 186 g/mol. The second kappa shape index (κ2) is 5.35. The van der Waals surface area contributed by atoms with Gasteiger partial charge in [0.1, 0.15) is 0 Å². The van der Waals surface area contributed by atoms with Gasteiger partial charge in [-0.15, -0.1) is 0 Å². The first-order valence-corrected chi connectivity index (χ1v) is 3.65. The Morgan fingerprint density at radius 3 is 1.70 bits per heavy atom. The van der Waals surface area contributed by atoms with Gasteiger partial charge < -0.3 is 20.2 Å². The molecule has 0 heterocycles. The number of hydrogen-bond acceptors (Lipinski definition) is 5. The SMILES string of the molecule is CNC(N)=S.O=S(=O)([O-])[O-]. The zero-order valence-corrected chi connectivity index (χ0v) is 6.66. The minimum atomic E-state index is -5.17. The lowest BCUT2D eigenvalue weighted by Gasteiger charge is -2.06. The summed E-state index contributed by atoms with van der Waals surface area (Å²) in [6.45, 7) is 0. The molecule has 0 rings (SSSR count). The van der Waals surface area contributed by atoms with Gasteiger partial charge in [-0.3, -0.25) is 8.42 Å². The second-order valence-corrected chi connectivity index (χ2v) is 2.28. The highest BCUT2D eigenvalue weighted by molar-refractivity contribution is 7.80. The molecule has 0 atom stereocenters. The fourth-order valence-electron chi connectivity index (χ4n) is 0. The number of nitrogens with one attached hydrogen (secondary N) is 1. The van der Waals surface area contributed by atoms with Gasteiger partial charge in [-0.05, 0) is 12.2 Å². The van der Waals surface area contributed by atoms with E-state index in [1.807, 2.05) is 0 Å². The van der Waals surface area contributed by atoms with Crippen LogP contribution >= 0.6 is 12.2 Å². The third-order valence-electron chi connectivity index (χ3n) is 0.246. The molecule has 3 N–H and O–H groups in total. The third kappa shape index (κ3) is 134. The highest BCUT2D eigenvalue weighted by Crippen LogP contribution is 1.57. The van der Waals surface area contributed by atoms with E-state index in [0.29, 0.717) is 5.11 Å². The van der Waals surface area contributed by atoms with Gasteiger partial charge in [-0.1, -0.05) is 0 Å². The zero-order chi connectivity index (χ0) is 8.78. The van der Waals surface area contributed by atoms with Crippen LogP contribution in [0, 0.1) is 0 Å². The quantitative estimate of drug-likeness (QED) is 0.258. The molecule has 0 aliphatic carbocycles.